The minimum atomic E-state index is -1.13. The van der Waals surface area contributed by atoms with Gasteiger partial charge >= 0.3 is 95.5 Å². The molecule has 0 N–H and O–H groups in total. The van der Waals surface area contributed by atoms with E-state index in [0.717, 1.165) is 5.56 Å². The van der Waals surface area contributed by atoms with E-state index in [4.69, 9.17) is 18.9 Å². The maximum absolute atomic E-state index is 12.2. The minimum absolute atomic E-state index is 0.0284. The number of benzene rings is 2. The molecule has 398 valence electrons. The van der Waals surface area contributed by atoms with Crippen molar-refractivity contribution in [1.82, 2.24) is 0 Å². The molecular weight excluding hydrogens is 1020 g/mol. The molecule has 2 spiro atoms. The van der Waals surface area contributed by atoms with E-state index in [1.807, 2.05) is 30.3 Å². The van der Waals surface area contributed by atoms with E-state index in [2.05, 4.69) is 18.9 Å². The lowest BCUT2D eigenvalue weighted by Crippen LogP contribution is -2.47. The van der Waals surface area contributed by atoms with Crippen LogP contribution in [0.25, 0.3) is 0 Å². The molecule has 2 aromatic rings. The Morgan fingerprint density at radius 2 is 0.831 bits per heavy atom. The van der Waals surface area contributed by atoms with Crippen LogP contribution in [0.2, 0.25) is 0 Å². The third-order valence-electron chi connectivity index (χ3n) is 17.4. The second-order valence-electron chi connectivity index (χ2n) is 21.8. The van der Waals surface area contributed by atoms with Crippen molar-refractivity contribution in [3.05, 3.63) is 70.8 Å². The van der Waals surface area contributed by atoms with Crippen LogP contribution in [0.1, 0.15) is 109 Å². The number of rotatable bonds is 2. The zero-order chi connectivity index (χ0) is 54.8. The summed E-state index contributed by atoms with van der Waals surface area (Å²) in [6.45, 7) is 1.56. The van der Waals surface area contributed by atoms with Crippen LogP contribution in [0.15, 0.2) is 48.5 Å². The molecule has 4 aliphatic carbocycles. The normalized spacial score (nSPS) is 37.4. The molecule has 4 saturated carbocycles. The van der Waals surface area contributed by atoms with E-state index >= 15 is 0 Å². The molecule has 8 heterocycles. The number of esters is 16. The summed E-state index contributed by atoms with van der Waals surface area (Å²) in [4.78, 5) is 186. The molecule has 7 saturated heterocycles. The first-order chi connectivity index (χ1) is 36.5. The molecule has 11 atom stereocenters. The van der Waals surface area contributed by atoms with Crippen LogP contribution in [0.4, 0.5) is 0 Å². The van der Waals surface area contributed by atoms with E-state index in [-0.39, 0.29) is 67.4 Å². The molecule has 14 rings (SSSR count). The van der Waals surface area contributed by atoms with Gasteiger partial charge in [-0.3, -0.25) is 67.1 Å². The summed E-state index contributed by atoms with van der Waals surface area (Å²) in [6, 6.07) is 13.6. The van der Waals surface area contributed by atoms with Crippen molar-refractivity contribution in [2.75, 3.05) is 0 Å². The third kappa shape index (κ3) is 8.25. The first kappa shape index (κ1) is 50.7. The van der Waals surface area contributed by atoms with Crippen LogP contribution in [-0.4, -0.2) is 95.5 Å². The van der Waals surface area contributed by atoms with Gasteiger partial charge in [-0.15, -0.1) is 0 Å². The van der Waals surface area contributed by atoms with Crippen molar-refractivity contribution in [3.8, 4) is 0 Å². The topological polar surface area (TPSA) is 347 Å². The quantitative estimate of drug-likeness (QED) is 0.179. The molecule has 12 aliphatic rings. The number of carbonyl (C=O) groups excluding carboxylic acids is 16. The van der Waals surface area contributed by atoms with E-state index in [1.54, 1.807) is 6.92 Å². The highest BCUT2D eigenvalue weighted by Gasteiger charge is 2.68. The van der Waals surface area contributed by atoms with Crippen molar-refractivity contribution in [2.24, 2.45) is 70.0 Å². The van der Waals surface area contributed by atoms with Crippen molar-refractivity contribution in [1.29, 1.82) is 0 Å². The van der Waals surface area contributed by atoms with Gasteiger partial charge in [-0.25, -0.2) is 9.59 Å². The van der Waals surface area contributed by atoms with Gasteiger partial charge in [0, 0.05) is 0 Å². The Morgan fingerprint density at radius 3 is 1.32 bits per heavy atom. The average Bonchev–Trinajstić information content (AvgIpc) is 4.42. The Bertz CT molecular complexity index is 3060. The fourth-order valence-corrected chi connectivity index (χ4v) is 13.8. The highest BCUT2D eigenvalue weighted by Crippen LogP contribution is 2.61. The summed E-state index contributed by atoms with van der Waals surface area (Å²) in [5.74, 6) is -14.3. The Balaban J connectivity index is 0.000000110. The Hall–Kier alpha value is -8.44. The van der Waals surface area contributed by atoms with Gasteiger partial charge in [0.25, 0.3) is 0 Å². The molecule has 11 fully saturated rings. The number of hydrogen-bond acceptors (Lipinski definition) is 24. The van der Waals surface area contributed by atoms with E-state index in [1.165, 1.54) is 18.2 Å². The molecule has 24 nitrogen and oxygen atoms in total. The van der Waals surface area contributed by atoms with Gasteiger partial charge in [-0.05, 0) is 92.9 Å². The van der Waals surface area contributed by atoms with E-state index in [0.29, 0.717) is 31.2 Å². The van der Waals surface area contributed by atoms with Gasteiger partial charge in [-0.2, -0.15) is 0 Å². The largest absolute Gasteiger partial charge is 0.393 e. The van der Waals surface area contributed by atoms with Crippen LogP contribution < -0.4 is 0 Å². The van der Waals surface area contributed by atoms with Gasteiger partial charge in [-0.1, -0.05) is 36.4 Å². The lowest BCUT2D eigenvalue weighted by Gasteiger charge is -2.39. The number of carbonyl (C=O) groups is 16. The number of hydrogen-bond donors (Lipinski definition) is 0. The molecule has 0 amide bonds. The van der Waals surface area contributed by atoms with Crippen LogP contribution in [0.3, 0.4) is 0 Å². The number of ether oxygens (including phenoxy) is 8. The lowest BCUT2D eigenvalue weighted by atomic mass is 9.59. The molecular formula is C53H42O24. The van der Waals surface area contributed by atoms with Gasteiger partial charge < -0.3 is 37.9 Å². The fraction of sp³-hybridized carbons (Fsp3) is 0.472. The van der Waals surface area contributed by atoms with Crippen molar-refractivity contribution in [2.45, 2.75) is 82.5 Å². The SMILES string of the molecule is CC1(c2ccc3c(c2)C(=O)OC3=O)CC(=O)OC1=O.O=C1CC2(CC3C(=O)OC(=O)C3C(c3ccccc3)C2)C(=O)O1.O=C1CC2(CC3CC(C2)C(=O)OC3=O)C(=O)O1.O=C1OC(=O)C2CC1C1C3CC(C(=O)OC3=O)C21. The van der Waals surface area contributed by atoms with Crippen LogP contribution in [0.5, 0.6) is 0 Å². The second kappa shape index (κ2) is 18.1. The van der Waals surface area contributed by atoms with Gasteiger partial charge in [0.15, 0.2) is 0 Å². The third-order valence-corrected chi connectivity index (χ3v) is 17.4. The Morgan fingerprint density at radius 1 is 0.390 bits per heavy atom. The summed E-state index contributed by atoms with van der Waals surface area (Å²) < 4.78 is 37.1. The molecule has 0 radical (unpaired) electrons. The summed E-state index contributed by atoms with van der Waals surface area (Å²) in [5.41, 5.74) is -1.54. The van der Waals surface area contributed by atoms with Crippen LogP contribution in [-0.2, 0) is 110 Å². The first-order valence-corrected chi connectivity index (χ1v) is 24.7. The monoisotopic (exact) mass is 1060 g/mol. The van der Waals surface area contributed by atoms with Crippen molar-refractivity contribution < 1.29 is 115 Å². The zero-order valence-corrected chi connectivity index (χ0v) is 40.3. The molecule has 0 aromatic heterocycles. The van der Waals surface area contributed by atoms with Crippen molar-refractivity contribution >= 4 is 95.5 Å². The molecule has 77 heavy (non-hydrogen) atoms. The predicted molar refractivity (Wildman–Crippen MR) is 236 cm³/mol. The highest BCUT2D eigenvalue weighted by atomic mass is 16.6. The van der Waals surface area contributed by atoms with Gasteiger partial charge in [0.2, 0.25) is 0 Å². The molecule has 2 aromatic carbocycles. The predicted octanol–water partition coefficient (Wildman–Crippen LogP) is 1.67. The van der Waals surface area contributed by atoms with E-state index < -0.39 is 159 Å². The first-order valence-electron chi connectivity index (χ1n) is 24.7. The fourth-order valence-electron chi connectivity index (χ4n) is 13.8. The molecule has 24 heteroatoms. The van der Waals surface area contributed by atoms with Gasteiger partial charge in [0.1, 0.15) is 5.41 Å². The maximum Gasteiger partial charge on any atom is 0.346 e. The number of cyclic esters (lactones) is 16. The van der Waals surface area contributed by atoms with Crippen molar-refractivity contribution in [3.63, 3.8) is 0 Å². The summed E-state index contributed by atoms with van der Waals surface area (Å²) in [5, 5.41) is 0. The average molecular weight is 1060 g/mol. The summed E-state index contributed by atoms with van der Waals surface area (Å²) >= 11 is 0. The second-order valence-corrected chi connectivity index (χ2v) is 21.8. The minimum Gasteiger partial charge on any atom is -0.393 e. The smallest absolute Gasteiger partial charge is 0.346 e. The molecule has 8 aliphatic heterocycles. The Labute approximate surface area is 432 Å². The number of fused-ring (bicyclic) bond motifs is 13. The molecule has 6 bridgehead atoms. The summed E-state index contributed by atoms with van der Waals surface area (Å²) in [7, 11) is 0. The highest BCUT2D eigenvalue weighted by molar-refractivity contribution is 6.15. The standard InChI is InChI=1S/C17H14O6.C13H8O6.C12H10O6.C11H10O6/c18-12-8-17(16(21)22-12)6-10(9-4-2-1-3-5-9)13-11(7-17)14(19)23-15(13)20;1-13(5-9(14)18-12(13)17)6-2-3-7-8(4-6)11(16)19-10(7)15;13-9-3-1-4(10(14)17-9)8-6-2-5(7(3)8)11(15)18-12(6)16;12-7-4-11(10(15)16-7)2-5-1-6(3-11)9(14)17-8(5)13/h1-5,10-11,13H,6-8H2;2-4H,5H2,1H3;3-8H,1-2H2;5-6H,1-4H2. The van der Waals surface area contributed by atoms with Gasteiger partial charge in [0.05, 0.1) is 88.6 Å². The Kier molecular flexibility index (Phi) is 11.9. The van der Waals surface area contributed by atoms with E-state index in [9.17, 15) is 76.7 Å². The molecule has 11 unspecified atom stereocenters. The lowest BCUT2D eigenvalue weighted by molar-refractivity contribution is -0.180. The zero-order valence-electron chi connectivity index (χ0n) is 40.3. The maximum atomic E-state index is 12.2. The summed E-state index contributed by atoms with van der Waals surface area (Å²) in [6.07, 6.45) is 2.04. The van der Waals surface area contributed by atoms with Crippen LogP contribution in [0, 0.1) is 70.0 Å². The van der Waals surface area contributed by atoms with Crippen LogP contribution >= 0.6 is 0 Å².